The molecule has 0 spiro atoms. The Morgan fingerprint density at radius 1 is 0.811 bits per heavy atom. The Hall–Kier alpha value is -3.33. The van der Waals surface area contributed by atoms with Crippen LogP contribution in [0.25, 0.3) is 0 Å². The van der Waals surface area contributed by atoms with E-state index >= 15 is 0 Å². The van der Waals surface area contributed by atoms with Crippen molar-refractivity contribution in [3.05, 3.63) is 103 Å². The van der Waals surface area contributed by atoms with Gasteiger partial charge >= 0.3 is 0 Å². The van der Waals surface area contributed by atoms with Crippen LogP contribution in [0.15, 0.2) is 102 Å². The molecule has 1 aliphatic heterocycles. The van der Waals surface area contributed by atoms with Crippen molar-refractivity contribution in [3.8, 4) is 0 Å². The first-order valence-electron chi connectivity index (χ1n) is 12.1. The lowest BCUT2D eigenvalue weighted by Crippen LogP contribution is -2.68. The summed E-state index contributed by atoms with van der Waals surface area (Å²) < 4.78 is 34.7. The molecule has 0 fully saturated rings. The monoisotopic (exact) mass is 533 g/mol. The van der Waals surface area contributed by atoms with Crippen molar-refractivity contribution in [1.82, 2.24) is 4.31 Å². The summed E-state index contributed by atoms with van der Waals surface area (Å²) in [4.78, 5) is 26.0. The van der Waals surface area contributed by atoms with E-state index in [2.05, 4.69) is 20.8 Å². The third-order valence-electron chi connectivity index (χ3n) is 6.67. The van der Waals surface area contributed by atoms with Crippen molar-refractivity contribution in [1.29, 1.82) is 0 Å². The van der Waals surface area contributed by atoms with Gasteiger partial charge in [-0.3, -0.25) is 9.59 Å². The molecular weight excluding hydrogens is 502 g/mol. The second kappa shape index (κ2) is 10.2. The van der Waals surface area contributed by atoms with Crippen LogP contribution in [0.3, 0.4) is 0 Å². The van der Waals surface area contributed by atoms with E-state index in [-0.39, 0.29) is 16.5 Å². The highest BCUT2D eigenvalue weighted by molar-refractivity contribution is 7.89. The van der Waals surface area contributed by atoms with Crippen molar-refractivity contribution in [2.75, 3.05) is 6.61 Å². The maximum atomic E-state index is 13.6. The number of nitrogens with zero attached hydrogens (tertiary/aromatic N) is 1. The van der Waals surface area contributed by atoms with Gasteiger partial charge in [0, 0.05) is 6.08 Å². The number of carbonyl (C=O) groups is 2. The molecule has 4 rings (SSSR count). The van der Waals surface area contributed by atoms with Crippen molar-refractivity contribution in [2.24, 2.45) is 0 Å². The number of hydrogen-bond acceptors (Lipinski definition) is 5. The predicted octanol–water partition coefficient (Wildman–Crippen LogP) is 3.60. The minimum absolute atomic E-state index is 0.0509. The van der Waals surface area contributed by atoms with Crippen molar-refractivity contribution < 1.29 is 22.4 Å². The highest BCUT2D eigenvalue weighted by Gasteiger charge is 2.51. The third kappa shape index (κ3) is 4.96. The van der Waals surface area contributed by atoms with Gasteiger partial charge in [-0.1, -0.05) is 99.1 Å². The van der Waals surface area contributed by atoms with Gasteiger partial charge < -0.3 is 4.43 Å². The van der Waals surface area contributed by atoms with E-state index < -0.39 is 36.1 Å². The van der Waals surface area contributed by atoms with Crippen LogP contribution in [0.5, 0.6) is 0 Å². The molecule has 0 N–H and O–H groups in total. The lowest BCUT2D eigenvalue weighted by atomic mass is 10.1. The van der Waals surface area contributed by atoms with Gasteiger partial charge in [-0.05, 0) is 40.5 Å². The number of ketones is 1. The molecule has 1 heterocycles. The number of amides is 1. The van der Waals surface area contributed by atoms with E-state index in [0.29, 0.717) is 4.31 Å². The minimum Gasteiger partial charge on any atom is -0.405 e. The Bertz CT molecular complexity index is 1370. The van der Waals surface area contributed by atoms with Crippen LogP contribution in [-0.2, 0) is 24.0 Å². The fraction of sp³-hybridized carbons (Fsp3) is 0.241. The van der Waals surface area contributed by atoms with Gasteiger partial charge in [-0.25, -0.2) is 12.7 Å². The Morgan fingerprint density at radius 3 is 1.81 bits per heavy atom. The second-order valence-corrected chi connectivity index (χ2v) is 16.3. The molecule has 6 nitrogen and oxygen atoms in total. The summed E-state index contributed by atoms with van der Waals surface area (Å²) in [6, 6.07) is 24.6. The molecule has 8 heteroatoms. The topological polar surface area (TPSA) is 80.8 Å². The molecule has 1 aliphatic rings. The first-order chi connectivity index (χ1) is 17.5. The van der Waals surface area contributed by atoms with Crippen LogP contribution in [0.1, 0.15) is 26.3 Å². The van der Waals surface area contributed by atoms with Crippen LogP contribution in [0.2, 0.25) is 5.04 Å². The summed E-state index contributed by atoms with van der Waals surface area (Å²) in [6.07, 6.45) is 2.15. The summed E-state index contributed by atoms with van der Waals surface area (Å²) in [6.45, 7) is 7.86. The van der Waals surface area contributed by atoms with Crippen molar-refractivity contribution >= 4 is 40.4 Å². The first-order valence-corrected chi connectivity index (χ1v) is 15.5. The van der Waals surface area contributed by atoms with Crippen LogP contribution >= 0.6 is 0 Å². The summed E-state index contributed by atoms with van der Waals surface area (Å²) in [5.74, 6) is -1.26. The number of rotatable bonds is 7. The Labute approximate surface area is 219 Å². The molecule has 0 radical (unpaired) electrons. The van der Waals surface area contributed by atoms with E-state index in [0.717, 1.165) is 28.1 Å². The van der Waals surface area contributed by atoms with Crippen LogP contribution in [0.4, 0.5) is 0 Å². The molecule has 192 valence electrons. The van der Waals surface area contributed by atoms with E-state index in [1.165, 1.54) is 12.1 Å². The van der Waals surface area contributed by atoms with E-state index in [1.807, 2.05) is 67.6 Å². The lowest BCUT2D eigenvalue weighted by Gasteiger charge is -2.44. The summed E-state index contributed by atoms with van der Waals surface area (Å²) in [5.41, 5.74) is 0.881. The van der Waals surface area contributed by atoms with Gasteiger partial charge in [0.1, 0.15) is 6.04 Å². The molecule has 0 unspecified atom stereocenters. The predicted molar refractivity (Wildman–Crippen MR) is 147 cm³/mol. The second-order valence-electron chi connectivity index (χ2n) is 10.2. The van der Waals surface area contributed by atoms with E-state index in [4.69, 9.17) is 4.43 Å². The van der Waals surface area contributed by atoms with Crippen LogP contribution < -0.4 is 10.4 Å². The van der Waals surface area contributed by atoms with Gasteiger partial charge in [-0.15, -0.1) is 0 Å². The standard InChI is InChI=1S/C29H31NO5SSi/c1-22-15-17-23(18-16-22)36(33,34)30-26(27(31)19-20-28(30)32)21-35-37(29(2,3)4,24-11-7-5-8-12-24)25-13-9-6-10-14-25/h5-20,26H,21H2,1-4H3/t26-/m0/s1. The molecule has 0 bridgehead atoms. The maximum absolute atomic E-state index is 13.6. The van der Waals surface area contributed by atoms with Gasteiger partial charge in [0.25, 0.3) is 24.2 Å². The first kappa shape index (κ1) is 26.7. The Morgan fingerprint density at radius 2 is 1.32 bits per heavy atom. The zero-order valence-electron chi connectivity index (χ0n) is 21.4. The number of hydrogen-bond donors (Lipinski definition) is 0. The Balaban J connectivity index is 1.81. The fourth-order valence-corrected chi connectivity index (χ4v) is 10.9. The SMILES string of the molecule is Cc1ccc(S(=O)(=O)N2C(=O)C=CC(=O)[C@@H]2CO[Si](c2ccccc2)(c2ccccc2)C(C)(C)C)cc1. The minimum atomic E-state index is -4.30. The van der Waals surface area contributed by atoms with Crippen molar-refractivity contribution in [3.63, 3.8) is 0 Å². The smallest absolute Gasteiger partial charge is 0.267 e. The highest BCUT2D eigenvalue weighted by atomic mass is 32.2. The fourth-order valence-electron chi connectivity index (χ4n) is 4.83. The average molecular weight is 534 g/mol. The van der Waals surface area contributed by atoms with Gasteiger partial charge in [0.05, 0.1) is 11.5 Å². The normalized spacial score (nSPS) is 16.8. The molecule has 3 aromatic carbocycles. The van der Waals surface area contributed by atoms with Gasteiger partial charge in [0.2, 0.25) is 0 Å². The summed E-state index contributed by atoms with van der Waals surface area (Å²) >= 11 is 0. The maximum Gasteiger partial charge on any atom is 0.267 e. The highest BCUT2D eigenvalue weighted by Crippen LogP contribution is 2.37. The summed E-state index contributed by atoms with van der Waals surface area (Å²) in [5, 5.41) is 1.60. The number of aryl methyl sites for hydroxylation is 1. The lowest BCUT2D eigenvalue weighted by molar-refractivity contribution is -0.131. The van der Waals surface area contributed by atoms with Gasteiger partial charge in [0.15, 0.2) is 5.78 Å². The zero-order valence-corrected chi connectivity index (χ0v) is 23.2. The van der Waals surface area contributed by atoms with Crippen LogP contribution in [-0.4, -0.2) is 45.4 Å². The molecular formula is C29H31NO5SSi. The van der Waals surface area contributed by atoms with Crippen LogP contribution in [0, 0.1) is 6.92 Å². The number of sulfonamides is 1. The average Bonchev–Trinajstić information content (AvgIpc) is 2.87. The number of carbonyl (C=O) groups excluding carboxylic acids is 2. The molecule has 37 heavy (non-hydrogen) atoms. The van der Waals surface area contributed by atoms with Gasteiger partial charge in [-0.2, -0.15) is 0 Å². The molecule has 0 saturated carbocycles. The molecule has 1 amide bonds. The van der Waals surface area contributed by atoms with E-state index in [1.54, 1.807) is 12.1 Å². The van der Waals surface area contributed by atoms with E-state index in [9.17, 15) is 18.0 Å². The molecule has 0 aliphatic carbocycles. The molecule has 3 aromatic rings. The third-order valence-corrected chi connectivity index (χ3v) is 13.5. The quantitative estimate of drug-likeness (QED) is 0.434. The molecule has 1 atom stereocenters. The summed E-state index contributed by atoms with van der Waals surface area (Å²) in [7, 11) is -7.36. The number of benzene rings is 3. The molecule has 0 aromatic heterocycles. The van der Waals surface area contributed by atoms with Crippen molar-refractivity contribution in [2.45, 2.75) is 43.7 Å². The Kier molecular flexibility index (Phi) is 7.37. The zero-order chi connectivity index (χ0) is 26.8. The molecule has 0 saturated heterocycles. The largest absolute Gasteiger partial charge is 0.405 e.